The Bertz CT molecular complexity index is 634. The van der Waals surface area contributed by atoms with Crippen LogP contribution >= 0.6 is 11.6 Å². The number of amides is 1. The zero-order valence-electron chi connectivity index (χ0n) is 9.64. The van der Waals surface area contributed by atoms with Crippen LogP contribution in [0.4, 0.5) is 5.95 Å². The first-order valence-electron chi connectivity index (χ1n) is 5.06. The fraction of sp³-hybridized carbons (Fsp3) is 0.100. The number of nitrogens with zero attached hydrogens (tertiary/aromatic N) is 3. The van der Waals surface area contributed by atoms with Gasteiger partial charge in [-0.25, -0.2) is 19.7 Å². The van der Waals surface area contributed by atoms with Crippen LogP contribution in [0.5, 0.6) is 0 Å². The van der Waals surface area contributed by atoms with E-state index in [2.05, 4.69) is 25.3 Å². The van der Waals surface area contributed by atoms with Crippen molar-refractivity contribution < 1.29 is 14.7 Å². The lowest BCUT2D eigenvalue weighted by atomic mass is 10.3. The molecule has 98 valence electrons. The molecule has 0 aliphatic heterocycles. The lowest BCUT2D eigenvalue weighted by molar-refractivity contribution is 0.0686. The molecule has 0 radical (unpaired) electrons. The largest absolute Gasteiger partial charge is 0.477 e. The number of aromatic carboxylic acids is 1. The van der Waals surface area contributed by atoms with Gasteiger partial charge in [-0.05, 0) is 13.0 Å². The molecule has 8 nitrogen and oxygen atoms in total. The van der Waals surface area contributed by atoms with E-state index in [0.29, 0.717) is 5.69 Å². The highest BCUT2D eigenvalue weighted by atomic mass is 35.5. The third kappa shape index (κ3) is 2.86. The minimum absolute atomic E-state index is 0.0191. The van der Waals surface area contributed by atoms with Crippen LogP contribution in [0.25, 0.3) is 0 Å². The number of rotatable bonds is 3. The van der Waals surface area contributed by atoms with E-state index < -0.39 is 11.9 Å². The van der Waals surface area contributed by atoms with Crippen molar-refractivity contribution in [1.82, 2.24) is 19.9 Å². The maximum atomic E-state index is 11.8. The molecule has 0 aliphatic carbocycles. The molecule has 0 unspecified atom stereocenters. The van der Waals surface area contributed by atoms with Gasteiger partial charge in [0.1, 0.15) is 5.15 Å². The number of imidazole rings is 1. The van der Waals surface area contributed by atoms with Crippen LogP contribution in [0.2, 0.25) is 5.15 Å². The summed E-state index contributed by atoms with van der Waals surface area (Å²) in [6, 6.07) is 1.52. The summed E-state index contributed by atoms with van der Waals surface area (Å²) in [7, 11) is 0. The lowest BCUT2D eigenvalue weighted by Gasteiger charge is -2.03. The molecule has 2 rings (SSSR count). The Kier molecular flexibility index (Phi) is 3.43. The number of H-pyrrole nitrogens is 1. The summed E-state index contributed by atoms with van der Waals surface area (Å²) in [4.78, 5) is 36.4. The molecule has 19 heavy (non-hydrogen) atoms. The Labute approximate surface area is 111 Å². The van der Waals surface area contributed by atoms with Crippen molar-refractivity contribution >= 4 is 29.4 Å². The average molecular weight is 282 g/mol. The van der Waals surface area contributed by atoms with Gasteiger partial charge in [0.05, 0.1) is 6.33 Å². The third-order valence-electron chi connectivity index (χ3n) is 2.12. The van der Waals surface area contributed by atoms with Crippen LogP contribution in [0.1, 0.15) is 26.7 Å². The summed E-state index contributed by atoms with van der Waals surface area (Å²) in [5.74, 6) is -2.04. The van der Waals surface area contributed by atoms with Crippen molar-refractivity contribution in [3.05, 3.63) is 34.6 Å². The van der Waals surface area contributed by atoms with Crippen LogP contribution in [0, 0.1) is 6.92 Å². The van der Waals surface area contributed by atoms with E-state index in [9.17, 15) is 9.59 Å². The molecule has 0 bridgehead atoms. The second kappa shape index (κ2) is 5.02. The van der Waals surface area contributed by atoms with Crippen molar-refractivity contribution in [1.29, 1.82) is 0 Å². The third-order valence-corrected chi connectivity index (χ3v) is 2.31. The van der Waals surface area contributed by atoms with E-state index in [1.54, 1.807) is 6.92 Å². The number of anilines is 1. The highest BCUT2D eigenvalue weighted by Crippen LogP contribution is 2.11. The Morgan fingerprint density at radius 1 is 1.42 bits per heavy atom. The molecule has 0 aromatic carbocycles. The molecular formula is C10H8ClN5O3. The van der Waals surface area contributed by atoms with Gasteiger partial charge in [-0.1, -0.05) is 11.6 Å². The van der Waals surface area contributed by atoms with Gasteiger partial charge in [-0.2, -0.15) is 0 Å². The van der Waals surface area contributed by atoms with Gasteiger partial charge in [0.2, 0.25) is 5.95 Å². The van der Waals surface area contributed by atoms with Gasteiger partial charge in [0.25, 0.3) is 5.91 Å². The Morgan fingerprint density at radius 3 is 2.79 bits per heavy atom. The van der Waals surface area contributed by atoms with Gasteiger partial charge < -0.3 is 10.1 Å². The van der Waals surface area contributed by atoms with Crippen molar-refractivity contribution in [2.45, 2.75) is 6.92 Å². The molecule has 0 spiro atoms. The predicted molar refractivity (Wildman–Crippen MR) is 65.3 cm³/mol. The summed E-state index contributed by atoms with van der Waals surface area (Å²) < 4.78 is 0. The molecule has 9 heteroatoms. The number of hydrogen-bond acceptors (Lipinski definition) is 5. The Morgan fingerprint density at radius 2 is 2.16 bits per heavy atom. The molecule has 2 aromatic rings. The number of carbonyl (C=O) groups is 2. The topological polar surface area (TPSA) is 121 Å². The number of nitrogens with one attached hydrogen (secondary N) is 2. The number of hydrogen-bond donors (Lipinski definition) is 3. The van der Waals surface area contributed by atoms with E-state index in [4.69, 9.17) is 16.7 Å². The number of aromatic amines is 1. The van der Waals surface area contributed by atoms with E-state index in [1.165, 1.54) is 6.07 Å². The monoisotopic (exact) mass is 281 g/mol. The number of carbonyl (C=O) groups excluding carboxylic acids is 1. The first-order valence-corrected chi connectivity index (χ1v) is 5.44. The number of carboxylic acid groups (broad SMARTS) is 1. The fourth-order valence-corrected chi connectivity index (χ4v) is 1.61. The van der Waals surface area contributed by atoms with Crippen molar-refractivity contribution in [2.24, 2.45) is 0 Å². The van der Waals surface area contributed by atoms with Crippen LogP contribution in [0.15, 0.2) is 12.4 Å². The standard InChI is InChI=1S/C10H8ClN5O3/c1-4-2-5(11)15-10(14-4)16-8(17)6-7(9(18)19)13-3-12-6/h2-3H,1H3,(H,12,13)(H,18,19)(H,14,15,16,17). The van der Waals surface area contributed by atoms with Gasteiger partial charge in [-0.15, -0.1) is 0 Å². The van der Waals surface area contributed by atoms with Crippen molar-refractivity contribution in [3.8, 4) is 0 Å². The number of aromatic nitrogens is 4. The maximum absolute atomic E-state index is 11.8. The van der Waals surface area contributed by atoms with Crippen LogP contribution in [-0.2, 0) is 0 Å². The molecule has 0 fully saturated rings. The smallest absolute Gasteiger partial charge is 0.354 e. The minimum Gasteiger partial charge on any atom is -0.477 e. The van der Waals surface area contributed by atoms with Crippen LogP contribution in [-0.4, -0.2) is 36.9 Å². The fourth-order valence-electron chi connectivity index (χ4n) is 1.38. The lowest BCUT2D eigenvalue weighted by Crippen LogP contribution is -2.18. The molecule has 3 N–H and O–H groups in total. The van der Waals surface area contributed by atoms with Crippen molar-refractivity contribution in [3.63, 3.8) is 0 Å². The van der Waals surface area contributed by atoms with Crippen molar-refractivity contribution in [2.75, 3.05) is 5.32 Å². The van der Waals surface area contributed by atoms with E-state index in [-0.39, 0.29) is 22.5 Å². The van der Waals surface area contributed by atoms with E-state index in [1.807, 2.05) is 0 Å². The van der Waals surface area contributed by atoms with Crippen LogP contribution in [0.3, 0.4) is 0 Å². The summed E-state index contributed by atoms with van der Waals surface area (Å²) in [6.07, 6.45) is 1.11. The molecule has 2 aromatic heterocycles. The molecular weight excluding hydrogens is 274 g/mol. The summed E-state index contributed by atoms with van der Waals surface area (Å²) in [6.45, 7) is 1.68. The highest BCUT2D eigenvalue weighted by molar-refractivity contribution is 6.29. The number of aryl methyl sites for hydroxylation is 1. The maximum Gasteiger partial charge on any atom is 0.354 e. The van der Waals surface area contributed by atoms with Gasteiger partial charge in [0, 0.05) is 5.69 Å². The zero-order chi connectivity index (χ0) is 14.0. The quantitative estimate of drug-likeness (QED) is 0.725. The second-order valence-corrected chi connectivity index (χ2v) is 3.93. The van der Waals surface area contributed by atoms with Gasteiger partial charge in [-0.3, -0.25) is 10.1 Å². The van der Waals surface area contributed by atoms with Gasteiger partial charge in [0.15, 0.2) is 11.4 Å². The molecule has 0 saturated carbocycles. The molecule has 2 heterocycles. The average Bonchev–Trinajstić information content (AvgIpc) is 2.75. The number of carboxylic acids is 1. The first-order chi connectivity index (χ1) is 8.97. The minimum atomic E-state index is -1.29. The van der Waals surface area contributed by atoms with Gasteiger partial charge >= 0.3 is 5.97 Å². The normalized spacial score (nSPS) is 10.2. The van der Waals surface area contributed by atoms with E-state index in [0.717, 1.165) is 6.33 Å². The molecule has 1 amide bonds. The summed E-state index contributed by atoms with van der Waals surface area (Å²) >= 11 is 5.72. The molecule has 0 saturated heterocycles. The Balaban J connectivity index is 2.25. The first kappa shape index (κ1) is 13.0. The number of halogens is 1. The summed E-state index contributed by atoms with van der Waals surface area (Å²) in [5.41, 5.74) is 0.000708. The summed E-state index contributed by atoms with van der Waals surface area (Å²) in [5, 5.41) is 11.4. The van der Waals surface area contributed by atoms with Crippen LogP contribution < -0.4 is 5.32 Å². The second-order valence-electron chi connectivity index (χ2n) is 3.54. The Hall–Kier alpha value is -2.48. The molecule has 0 aliphatic rings. The predicted octanol–water partition coefficient (Wildman–Crippen LogP) is 1.11. The SMILES string of the molecule is Cc1cc(Cl)nc(NC(=O)c2nc[nH]c2C(=O)O)n1. The highest BCUT2D eigenvalue weighted by Gasteiger charge is 2.20. The molecule has 0 atom stereocenters. The van der Waals surface area contributed by atoms with E-state index >= 15 is 0 Å². The zero-order valence-corrected chi connectivity index (χ0v) is 10.4.